The highest BCUT2D eigenvalue weighted by molar-refractivity contribution is 7.92. The molecule has 2 heterocycles. The molecule has 0 aliphatic heterocycles. The third-order valence-corrected chi connectivity index (χ3v) is 4.79. The molecule has 0 unspecified atom stereocenters. The maximum absolute atomic E-state index is 11.8. The molecular weight excluding hydrogens is 236 g/mol. The Kier molecular flexibility index (Phi) is 2.57. The predicted octanol–water partition coefficient (Wildman–Crippen LogP) is 1.41. The number of hydrogen-bond donors (Lipinski definition) is 0. The average Bonchev–Trinajstić information content (AvgIpc) is 2.75. The van der Waals surface area contributed by atoms with Gasteiger partial charge in [-0.1, -0.05) is 11.2 Å². The maximum Gasteiger partial charge on any atom is 0.223 e. The zero-order chi connectivity index (χ0) is 10.9. The van der Waals surface area contributed by atoms with Crippen LogP contribution in [0.1, 0.15) is 11.7 Å². The molecule has 15 heavy (non-hydrogen) atoms. The molecule has 5 nitrogen and oxygen atoms in total. The van der Waals surface area contributed by atoms with Crippen molar-refractivity contribution in [2.75, 3.05) is 0 Å². The second-order valence-corrected chi connectivity index (χ2v) is 6.08. The lowest BCUT2D eigenvalue weighted by Crippen LogP contribution is -2.04. The normalized spacial score (nSPS) is 11.8. The molecule has 2 rings (SSSR count). The number of nitrogens with zero attached hydrogens (tertiary/aromatic N) is 2. The molecule has 80 valence electrons. The van der Waals surface area contributed by atoms with E-state index in [-0.39, 0.29) is 11.6 Å². The molecule has 0 saturated heterocycles. The number of hydrogen-bond acceptors (Lipinski definition) is 6. The van der Waals surface area contributed by atoms with Crippen LogP contribution in [0.5, 0.6) is 0 Å². The van der Waals surface area contributed by atoms with Gasteiger partial charge >= 0.3 is 0 Å². The molecule has 0 atom stereocenters. The van der Waals surface area contributed by atoms with Crippen molar-refractivity contribution in [2.24, 2.45) is 0 Å². The van der Waals surface area contributed by atoms with Gasteiger partial charge in [-0.3, -0.25) is 0 Å². The fourth-order valence-electron chi connectivity index (χ4n) is 1.08. The first kappa shape index (κ1) is 10.3. The smallest absolute Gasteiger partial charge is 0.223 e. The fourth-order valence-corrected chi connectivity index (χ4v) is 3.35. The Morgan fingerprint density at radius 3 is 2.87 bits per heavy atom. The molecule has 0 radical (unpaired) electrons. The minimum Gasteiger partial charge on any atom is -0.340 e. The van der Waals surface area contributed by atoms with E-state index in [0.29, 0.717) is 10.1 Å². The van der Waals surface area contributed by atoms with Crippen LogP contribution in [0.25, 0.3) is 0 Å². The van der Waals surface area contributed by atoms with Crippen LogP contribution in [-0.4, -0.2) is 18.6 Å². The highest BCUT2D eigenvalue weighted by atomic mass is 32.2. The van der Waals surface area contributed by atoms with Crippen molar-refractivity contribution >= 4 is 21.2 Å². The molecular formula is C8H8N2O3S2. The molecule has 0 aliphatic rings. The summed E-state index contributed by atoms with van der Waals surface area (Å²) in [7, 11) is -3.32. The van der Waals surface area contributed by atoms with Gasteiger partial charge in [-0.05, 0) is 11.4 Å². The Labute approximate surface area is 90.7 Å². The molecule has 2 aromatic rings. The molecule has 0 bridgehead atoms. The van der Waals surface area contributed by atoms with Crippen molar-refractivity contribution in [3.63, 3.8) is 0 Å². The second-order valence-electron chi connectivity index (χ2n) is 2.92. The van der Waals surface area contributed by atoms with Crippen molar-refractivity contribution in [1.82, 2.24) is 10.1 Å². The Balaban J connectivity index is 2.26. The summed E-state index contributed by atoms with van der Waals surface area (Å²) in [5, 5.41) is 5.27. The summed E-state index contributed by atoms with van der Waals surface area (Å²) in [6, 6.07) is 3.26. The molecule has 2 aromatic heterocycles. The van der Waals surface area contributed by atoms with E-state index in [2.05, 4.69) is 10.1 Å². The van der Waals surface area contributed by atoms with Crippen molar-refractivity contribution < 1.29 is 12.9 Å². The molecule has 0 N–H and O–H groups in total. The molecule has 0 amide bonds. The van der Waals surface area contributed by atoms with Crippen LogP contribution in [0.2, 0.25) is 0 Å². The zero-order valence-corrected chi connectivity index (χ0v) is 9.51. The van der Waals surface area contributed by atoms with Crippen LogP contribution in [-0.2, 0) is 15.6 Å². The summed E-state index contributed by atoms with van der Waals surface area (Å²) < 4.78 is 28.6. The summed E-state index contributed by atoms with van der Waals surface area (Å²) in [5.41, 5.74) is 0. The molecule has 0 aromatic carbocycles. The highest BCUT2D eigenvalue weighted by Crippen LogP contribution is 2.19. The molecule has 0 saturated carbocycles. The summed E-state index contributed by atoms with van der Waals surface area (Å²) in [5.74, 6) is 0.345. The van der Waals surface area contributed by atoms with Gasteiger partial charge in [0.2, 0.25) is 5.89 Å². The van der Waals surface area contributed by atoms with Crippen LogP contribution in [0.3, 0.4) is 0 Å². The predicted molar refractivity (Wildman–Crippen MR) is 54.2 cm³/mol. The Morgan fingerprint density at radius 1 is 1.53 bits per heavy atom. The van der Waals surface area contributed by atoms with E-state index in [1.165, 1.54) is 11.3 Å². The van der Waals surface area contributed by atoms with Gasteiger partial charge < -0.3 is 4.52 Å². The van der Waals surface area contributed by atoms with Gasteiger partial charge in [-0.25, -0.2) is 8.42 Å². The molecule has 0 fully saturated rings. The number of sulfone groups is 1. The summed E-state index contributed by atoms with van der Waals surface area (Å²) in [6.07, 6.45) is 0. The van der Waals surface area contributed by atoms with E-state index in [9.17, 15) is 8.42 Å². The van der Waals surface area contributed by atoms with Crippen LogP contribution >= 0.6 is 11.3 Å². The Hall–Kier alpha value is -1.21. The average molecular weight is 244 g/mol. The Bertz CT molecular complexity index is 542. The first-order valence-electron chi connectivity index (χ1n) is 4.13. The van der Waals surface area contributed by atoms with Gasteiger partial charge in [0.15, 0.2) is 15.7 Å². The number of rotatable bonds is 3. The molecule has 7 heteroatoms. The summed E-state index contributed by atoms with van der Waals surface area (Å²) in [6.45, 7) is 1.62. The monoisotopic (exact) mass is 244 g/mol. The quantitative estimate of drug-likeness (QED) is 0.816. The summed E-state index contributed by atoms with van der Waals surface area (Å²) in [4.78, 5) is 3.85. The SMILES string of the molecule is Cc1nc(CS(=O)(=O)c2cccs2)no1. The standard InChI is InChI=1S/C8H8N2O3S2/c1-6-9-7(10-13-6)5-15(11,12)8-3-2-4-14-8/h2-4H,5H2,1H3. The minimum absolute atomic E-state index is 0.195. The first-order chi connectivity index (χ1) is 7.08. The Morgan fingerprint density at radius 2 is 2.33 bits per heavy atom. The third-order valence-electron chi connectivity index (χ3n) is 1.69. The lowest BCUT2D eigenvalue weighted by molar-refractivity contribution is 0.388. The van der Waals surface area contributed by atoms with E-state index < -0.39 is 9.84 Å². The zero-order valence-electron chi connectivity index (χ0n) is 7.87. The van der Waals surface area contributed by atoms with Gasteiger partial charge in [-0.15, -0.1) is 11.3 Å². The largest absolute Gasteiger partial charge is 0.340 e. The van der Waals surface area contributed by atoms with E-state index in [1.54, 1.807) is 24.4 Å². The van der Waals surface area contributed by atoms with Crippen molar-refractivity contribution in [1.29, 1.82) is 0 Å². The maximum atomic E-state index is 11.8. The van der Waals surface area contributed by atoms with E-state index in [4.69, 9.17) is 4.52 Å². The lowest BCUT2D eigenvalue weighted by atomic mass is 10.7. The summed E-state index contributed by atoms with van der Waals surface area (Å²) >= 11 is 1.18. The second kappa shape index (κ2) is 3.74. The van der Waals surface area contributed by atoms with Crippen molar-refractivity contribution in [3.05, 3.63) is 29.2 Å². The van der Waals surface area contributed by atoms with Gasteiger partial charge in [-0.2, -0.15) is 4.98 Å². The number of aryl methyl sites for hydroxylation is 1. The fraction of sp³-hybridized carbons (Fsp3) is 0.250. The minimum atomic E-state index is -3.32. The van der Waals surface area contributed by atoms with Crippen LogP contribution in [0.4, 0.5) is 0 Å². The van der Waals surface area contributed by atoms with Crippen LogP contribution in [0.15, 0.2) is 26.2 Å². The van der Waals surface area contributed by atoms with Crippen LogP contribution in [0, 0.1) is 6.92 Å². The van der Waals surface area contributed by atoms with E-state index in [0.717, 1.165) is 0 Å². The van der Waals surface area contributed by atoms with Gasteiger partial charge in [0.1, 0.15) is 9.96 Å². The first-order valence-corrected chi connectivity index (χ1v) is 6.66. The highest BCUT2D eigenvalue weighted by Gasteiger charge is 2.19. The number of thiophene rings is 1. The van der Waals surface area contributed by atoms with E-state index >= 15 is 0 Å². The van der Waals surface area contributed by atoms with Gasteiger partial charge in [0, 0.05) is 6.92 Å². The topological polar surface area (TPSA) is 73.1 Å². The number of aromatic nitrogens is 2. The lowest BCUT2D eigenvalue weighted by Gasteiger charge is -1.95. The third kappa shape index (κ3) is 2.24. The van der Waals surface area contributed by atoms with Crippen molar-refractivity contribution in [3.8, 4) is 0 Å². The molecule has 0 aliphatic carbocycles. The van der Waals surface area contributed by atoms with Gasteiger partial charge in [0.05, 0.1) is 0 Å². The van der Waals surface area contributed by atoms with E-state index in [1.807, 2.05) is 0 Å². The van der Waals surface area contributed by atoms with Crippen LogP contribution < -0.4 is 0 Å². The van der Waals surface area contributed by atoms with Crippen molar-refractivity contribution in [2.45, 2.75) is 16.9 Å². The molecule has 0 spiro atoms. The van der Waals surface area contributed by atoms with Gasteiger partial charge in [0.25, 0.3) is 0 Å².